The van der Waals surface area contributed by atoms with Crippen molar-refractivity contribution in [2.75, 3.05) is 18.4 Å². The zero-order valence-corrected chi connectivity index (χ0v) is 16.4. The molecule has 0 saturated heterocycles. The summed E-state index contributed by atoms with van der Waals surface area (Å²) in [7, 11) is 0. The molecule has 2 amide bonds. The third-order valence-corrected chi connectivity index (χ3v) is 4.10. The van der Waals surface area contributed by atoms with Crippen LogP contribution in [0.25, 0.3) is 6.08 Å². The number of aryl methyl sites for hydroxylation is 1. The van der Waals surface area contributed by atoms with E-state index < -0.39 is 12.5 Å². The Bertz CT molecular complexity index is 869. The van der Waals surface area contributed by atoms with Crippen LogP contribution in [0.5, 0.6) is 5.75 Å². The summed E-state index contributed by atoms with van der Waals surface area (Å²) >= 11 is 0. The third-order valence-electron chi connectivity index (χ3n) is 4.10. The van der Waals surface area contributed by atoms with Crippen molar-refractivity contribution in [1.82, 2.24) is 4.90 Å². The predicted octanol–water partition coefficient (Wildman–Crippen LogP) is 4.49. The van der Waals surface area contributed by atoms with E-state index >= 15 is 0 Å². The van der Waals surface area contributed by atoms with Crippen molar-refractivity contribution in [2.24, 2.45) is 0 Å². The monoisotopic (exact) mass is 402 g/mol. The number of rotatable bonds is 9. The van der Waals surface area contributed by atoms with Gasteiger partial charge in [0.15, 0.2) is 0 Å². The van der Waals surface area contributed by atoms with Gasteiger partial charge in [-0.2, -0.15) is 8.78 Å². The molecule has 2 rings (SSSR count). The van der Waals surface area contributed by atoms with Gasteiger partial charge >= 0.3 is 6.61 Å². The van der Waals surface area contributed by atoms with Gasteiger partial charge in [-0.1, -0.05) is 43.3 Å². The first kappa shape index (κ1) is 22.1. The van der Waals surface area contributed by atoms with Gasteiger partial charge < -0.3 is 15.0 Å². The molecule has 0 aliphatic carbocycles. The van der Waals surface area contributed by atoms with Crippen molar-refractivity contribution in [1.29, 1.82) is 0 Å². The van der Waals surface area contributed by atoms with Crippen molar-refractivity contribution in [3.63, 3.8) is 0 Å². The fourth-order valence-electron chi connectivity index (χ4n) is 2.70. The standard InChI is InChI=1S/C22H24F2N2O3/c1-3-14-26(15-20(27)25-18-10-6-4-8-16(18)2)21(28)13-12-17-9-5-7-11-19(17)29-22(23)24/h4-13,22H,3,14-15H2,1-2H3,(H,25,27)/b13-12+. The van der Waals surface area contributed by atoms with Crippen LogP contribution in [0.15, 0.2) is 54.6 Å². The summed E-state index contributed by atoms with van der Waals surface area (Å²) in [5.41, 5.74) is 1.96. The summed E-state index contributed by atoms with van der Waals surface area (Å²) in [6.45, 7) is 1.10. The Hall–Kier alpha value is -3.22. The molecule has 1 N–H and O–H groups in total. The maximum absolute atomic E-state index is 12.6. The molecule has 0 aliphatic rings. The highest BCUT2D eigenvalue weighted by Gasteiger charge is 2.15. The highest BCUT2D eigenvalue weighted by atomic mass is 19.3. The lowest BCUT2D eigenvalue weighted by Gasteiger charge is -2.20. The maximum Gasteiger partial charge on any atom is 0.387 e. The number of carbonyl (C=O) groups excluding carboxylic acids is 2. The second kappa shape index (κ2) is 10.9. The van der Waals surface area contributed by atoms with Gasteiger partial charge in [0.25, 0.3) is 0 Å². The number of halogens is 2. The van der Waals surface area contributed by atoms with Gasteiger partial charge in [-0.05, 0) is 37.1 Å². The Morgan fingerprint density at radius 1 is 1.14 bits per heavy atom. The summed E-state index contributed by atoms with van der Waals surface area (Å²) in [5.74, 6) is -0.722. The number of nitrogens with one attached hydrogen (secondary N) is 1. The van der Waals surface area contributed by atoms with Gasteiger partial charge in [-0.25, -0.2) is 0 Å². The molecular weight excluding hydrogens is 378 g/mol. The molecule has 154 valence electrons. The summed E-state index contributed by atoms with van der Waals surface area (Å²) in [5, 5.41) is 2.80. The number of nitrogens with zero attached hydrogens (tertiary/aromatic N) is 1. The Balaban J connectivity index is 2.06. The van der Waals surface area contributed by atoms with Crippen LogP contribution < -0.4 is 10.1 Å². The number of benzene rings is 2. The van der Waals surface area contributed by atoms with Gasteiger partial charge in [-0.15, -0.1) is 0 Å². The van der Waals surface area contributed by atoms with Crippen LogP contribution in [0, 0.1) is 6.92 Å². The van der Waals surface area contributed by atoms with E-state index in [9.17, 15) is 18.4 Å². The Kier molecular flexibility index (Phi) is 8.33. The van der Waals surface area contributed by atoms with Crippen molar-refractivity contribution in [2.45, 2.75) is 26.9 Å². The first-order chi connectivity index (χ1) is 13.9. The van der Waals surface area contributed by atoms with Crippen LogP contribution in [0.3, 0.4) is 0 Å². The van der Waals surface area contributed by atoms with E-state index in [-0.39, 0.29) is 18.2 Å². The predicted molar refractivity (Wildman–Crippen MR) is 109 cm³/mol. The zero-order valence-electron chi connectivity index (χ0n) is 16.4. The van der Waals surface area contributed by atoms with E-state index in [1.165, 1.54) is 23.1 Å². The largest absolute Gasteiger partial charge is 0.434 e. The second-order valence-corrected chi connectivity index (χ2v) is 6.37. The molecule has 0 radical (unpaired) electrons. The van der Waals surface area contributed by atoms with E-state index in [4.69, 9.17) is 0 Å². The van der Waals surface area contributed by atoms with Crippen LogP contribution in [0.1, 0.15) is 24.5 Å². The molecule has 0 atom stereocenters. The number of carbonyl (C=O) groups is 2. The Morgan fingerprint density at radius 2 is 1.83 bits per heavy atom. The molecule has 0 aliphatic heterocycles. The molecular formula is C22H24F2N2O3. The van der Waals surface area contributed by atoms with Crippen molar-refractivity contribution < 1.29 is 23.1 Å². The Morgan fingerprint density at radius 3 is 2.52 bits per heavy atom. The number of para-hydroxylation sites is 2. The minimum atomic E-state index is -2.96. The van der Waals surface area contributed by atoms with E-state index in [0.717, 1.165) is 5.56 Å². The van der Waals surface area contributed by atoms with E-state index in [2.05, 4.69) is 10.1 Å². The Labute approximate surface area is 169 Å². The van der Waals surface area contributed by atoms with E-state index in [1.807, 2.05) is 32.0 Å². The fraction of sp³-hybridized carbons (Fsp3) is 0.273. The normalized spacial score (nSPS) is 10.9. The molecule has 0 unspecified atom stereocenters. The molecule has 2 aromatic rings. The SMILES string of the molecule is CCCN(CC(=O)Nc1ccccc1C)C(=O)/C=C/c1ccccc1OC(F)F. The summed E-state index contributed by atoms with van der Waals surface area (Å²) in [6.07, 6.45) is 3.33. The van der Waals surface area contributed by atoms with Gasteiger partial charge in [0, 0.05) is 23.9 Å². The minimum Gasteiger partial charge on any atom is -0.434 e. The smallest absolute Gasteiger partial charge is 0.387 e. The maximum atomic E-state index is 12.6. The molecule has 0 aromatic heterocycles. The van der Waals surface area contributed by atoms with Gasteiger partial charge in [0.1, 0.15) is 12.3 Å². The molecule has 0 fully saturated rings. The number of amides is 2. The highest BCUT2D eigenvalue weighted by molar-refractivity contribution is 5.98. The molecule has 0 spiro atoms. The number of hydrogen-bond acceptors (Lipinski definition) is 3. The van der Waals surface area contributed by atoms with Crippen LogP contribution in [-0.2, 0) is 9.59 Å². The highest BCUT2D eigenvalue weighted by Crippen LogP contribution is 2.21. The van der Waals surface area contributed by atoms with Crippen molar-refractivity contribution in [3.05, 3.63) is 65.7 Å². The molecule has 7 heteroatoms. The second-order valence-electron chi connectivity index (χ2n) is 6.37. The molecule has 0 heterocycles. The number of anilines is 1. The lowest BCUT2D eigenvalue weighted by Crippen LogP contribution is -2.37. The van der Waals surface area contributed by atoms with E-state index in [1.54, 1.807) is 24.3 Å². The van der Waals surface area contributed by atoms with Crippen molar-refractivity contribution in [3.8, 4) is 5.75 Å². The first-order valence-electron chi connectivity index (χ1n) is 9.27. The molecule has 0 saturated carbocycles. The lowest BCUT2D eigenvalue weighted by atomic mass is 10.2. The van der Waals surface area contributed by atoms with E-state index in [0.29, 0.717) is 24.2 Å². The topological polar surface area (TPSA) is 58.6 Å². The summed E-state index contributed by atoms with van der Waals surface area (Å²) < 4.78 is 29.5. The van der Waals surface area contributed by atoms with Crippen molar-refractivity contribution >= 4 is 23.6 Å². The third kappa shape index (κ3) is 7.03. The lowest BCUT2D eigenvalue weighted by molar-refractivity contribution is -0.130. The molecule has 29 heavy (non-hydrogen) atoms. The summed E-state index contributed by atoms with van der Waals surface area (Å²) in [4.78, 5) is 26.3. The molecule has 5 nitrogen and oxygen atoms in total. The van der Waals surface area contributed by atoms with Gasteiger partial charge in [0.2, 0.25) is 11.8 Å². The number of ether oxygens (including phenoxy) is 1. The van der Waals surface area contributed by atoms with Gasteiger partial charge in [-0.3, -0.25) is 9.59 Å². The van der Waals surface area contributed by atoms with Crippen LogP contribution >= 0.6 is 0 Å². The molecule has 0 bridgehead atoms. The number of alkyl halides is 2. The quantitative estimate of drug-likeness (QED) is 0.629. The zero-order chi connectivity index (χ0) is 21.2. The first-order valence-corrected chi connectivity index (χ1v) is 9.27. The molecule has 2 aromatic carbocycles. The average Bonchev–Trinajstić information content (AvgIpc) is 2.68. The number of hydrogen-bond donors (Lipinski definition) is 1. The average molecular weight is 402 g/mol. The van der Waals surface area contributed by atoms with Crippen LogP contribution in [0.2, 0.25) is 0 Å². The fourth-order valence-corrected chi connectivity index (χ4v) is 2.70. The van der Waals surface area contributed by atoms with Crippen LogP contribution in [0.4, 0.5) is 14.5 Å². The van der Waals surface area contributed by atoms with Crippen LogP contribution in [-0.4, -0.2) is 36.4 Å². The summed E-state index contributed by atoms with van der Waals surface area (Å²) in [6, 6.07) is 13.5. The minimum absolute atomic E-state index is 0.0223. The van der Waals surface area contributed by atoms with Gasteiger partial charge in [0.05, 0.1) is 0 Å².